The second-order valence-corrected chi connectivity index (χ2v) is 6.63. The van der Waals surface area contributed by atoms with E-state index in [9.17, 15) is 9.90 Å². The summed E-state index contributed by atoms with van der Waals surface area (Å²) in [5.41, 5.74) is 3.71. The molecule has 4 heteroatoms. The summed E-state index contributed by atoms with van der Waals surface area (Å²) < 4.78 is 0. The predicted octanol–water partition coefficient (Wildman–Crippen LogP) is 3.51. The number of fused-ring (bicyclic) bond motifs is 1. The minimum Gasteiger partial charge on any atom is -0.506 e. The van der Waals surface area contributed by atoms with E-state index in [2.05, 4.69) is 53.3 Å². The number of rotatable bonds is 6. The van der Waals surface area contributed by atoms with Gasteiger partial charge in [0.1, 0.15) is 5.75 Å². The van der Waals surface area contributed by atoms with Gasteiger partial charge in [0.05, 0.1) is 5.52 Å². The minimum atomic E-state index is -0.208. The highest BCUT2D eigenvalue weighted by molar-refractivity contribution is 5.87. The molecular weight excluding hydrogens is 336 g/mol. The number of nitrogens with one attached hydrogen (secondary N) is 2. The summed E-state index contributed by atoms with van der Waals surface area (Å²) in [4.78, 5) is 14.1. The van der Waals surface area contributed by atoms with Crippen LogP contribution in [-0.2, 0) is 6.42 Å². The van der Waals surface area contributed by atoms with E-state index in [4.69, 9.17) is 0 Å². The first-order valence-corrected chi connectivity index (χ1v) is 9.23. The molecule has 4 nitrogen and oxygen atoms in total. The van der Waals surface area contributed by atoms with Crippen molar-refractivity contribution in [2.24, 2.45) is 0 Å². The molecule has 0 unspecified atom stereocenters. The quantitative estimate of drug-likeness (QED) is 0.466. The van der Waals surface area contributed by atoms with Crippen LogP contribution in [0.25, 0.3) is 10.9 Å². The Morgan fingerprint density at radius 1 is 1.04 bits per heavy atom. The van der Waals surface area contributed by atoms with Crippen LogP contribution in [0.4, 0.5) is 0 Å². The fourth-order valence-electron chi connectivity index (χ4n) is 2.97. The van der Waals surface area contributed by atoms with Gasteiger partial charge in [-0.2, -0.15) is 0 Å². The second kappa shape index (κ2) is 9.07. The Kier molecular flexibility index (Phi) is 6.30. The fourth-order valence-corrected chi connectivity index (χ4v) is 2.97. The van der Waals surface area contributed by atoms with Crippen LogP contribution in [0.1, 0.15) is 29.5 Å². The zero-order chi connectivity index (χ0) is 19.1. The van der Waals surface area contributed by atoms with E-state index >= 15 is 0 Å². The van der Waals surface area contributed by atoms with Crippen molar-refractivity contribution in [2.45, 2.75) is 26.2 Å². The number of pyridine rings is 1. The molecule has 0 amide bonds. The number of aromatic amines is 1. The molecule has 2 aromatic carbocycles. The molecule has 0 atom stereocenters. The van der Waals surface area contributed by atoms with Crippen LogP contribution in [0.5, 0.6) is 5.75 Å². The first-order chi connectivity index (χ1) is 13.1. The molecule has 0 bridgehead atoms. The Morgan fingerprint density at radius 2 is 1.85 bits per heavy atom. The molecule has 1 aromatic heterocycles. The number of hydrogen-bond acceptors (Lipinski definition) is 3. The summed E-state index contributed by atoms with van der Waals surface area (Å²) in [5.74, 6) is 6.51. The van der Waals surface area contributed by atoms with E-state index in [-0.39, 0.29) is 11.3 Å². The molecule has 0 radical (unpaired) electrons. The molecule has 0 aliphatic heterocycles. The monoisotopic (exact) mass is 360 g/mol. The highest BCUT2D eigenvalue weighted by Gasteiger charge is 2.06. The van der Waals surface area contributed by atoms with Crippen molar-refractivity contribution in [2.75, 3.05) is 13.1 Å². The number of aromatic hydroxyl groups is 1. The summed E-state index contributed by atoms with van der Waals surface area (Å²) in [6.45, 7) is 3.82. The SMILES string of the molecule is Cc1ccc(C#CCCCNCCc2ccc(O)c3[nH]c(=O)ccc23)cc1. The maximum absolute atomic E-state index is 11.4. The van der Waals surface area contributed by atoms with E-state index in [1.807, 2.05) is 6.07 Å². The molecule has 27 heavy (non-hydrogen) atoms. The van der Waals surface area contributed by atoms with Crippen LogP contribution in [0, 0.1) is 18.8 Å². The maximum atomic E-state index is 11.4. The lowest BCUT2D eigenvalue weighted by molar-refractivity contribution is 0.480. The number of aryl methyl sites for hydroxylation is 1. The normalized spacial score (nSPS) is 10.6. The number of aromatic nitrogens is 1. The second-order valence-electron chi connectivity index (χ2n) is 6.63. The molecule has 0 fully saturated rings. The van der Waals surface area contributed by atoms with E-state index in [0.29, 0.717) is 5.52 Å². The zero-order valence-corrected chi connectivity index (χ0v) is 15.5. The van der Waals surface area contributed by atoms with Crippen LogP contribution in [0.15, 0.2) is 53.3 Å². The van der Waals surface area contributed by atoms with Gasteiger partial charge in [0.2, 0.25) is 5.56 Å². The third-order valence-corrected chi connectivity index (χ3v) is 4.47. The van der Waals surface area contributed by atoms with Crippen LogP contribution < -0.4 is 10.9 Å². The van der Waals surface area contributed by atoms with E-state index in [1.165, 1.54) is 11.6 Å². The number of benzene rings is 2. The molecule has 0 saturated heterocycles. The Hall–Kier alpha value is -3.03. The van der Waals surface area contributed by atoms with E-state index in [0.717, 1.165) is 48.9 Å². The van der Waals surface area contributed by atoms with Gasteiger partial charge in [-0.3, -0.25) is 4.79 Å². The molecule has 0 aliphatic rings. The summed E-state index contributed by atoms with van der Waals surface area (Å²) in [6, 6.07) is 15.1. The van der Waals surface area contributed by atoms with Crippen molar-refractivity contribution in [3.8, 4) is 17.6 Å². The van der Waals surface area contributed by atoms with Crippen molar-refractivity contribution in [1.82, 2.24) is 10.3 Å². The van der Waals surface area contributed by atoms with Gasteiger partial charge in [-0.05, 0) is 62.7 Å². The molecule has 0 saturated carbocycles. The van der Waals surface area contributed by atoms with E-state index in [1.54, 1.807) is 12.1 Å². The lowest BCUT2D eigenvalue weighted by Gasteiger charge is -2.08. The van der Waals surface area contributed by atoms with Crippen LogP contribution in [0.3, 0.4) is 0 Å². The van der Waals surface area contributed by atoms with Crippen molar-refractivity contribution in [3.63, 3.8) is 0 Å². The molecule has 3 rings (SSSR count). The predicted molar refractivity (Wildman–Crippen MR) is 110 cm³/mol. The Labute approximate surface area is 159 Å². The average molecular weight is 360 g/mol. The highest BCUT2D eigenvalue weighted by Crippen LogP contribution is 2.24. The van der Waals surface area contributed by atoms with Crippen molar-refractivity contribution < 1.29 is 5.11 Å². The van der Waals surface area contributed by atoms with Crippen LogP contribution >= 0.6 is 0 Å². The lowest BCUT2D eigenvalue weighted by Crippen LogP contribution is -2.18. The maximum Gasteiger partial charge on any atom is 0.248 e. The number of phenolic OH excluding ortho intramolecular Hbond substituents is 1. The molecular formula is C23H24N2O2. The lowest BCUT2D eigenvalue weighted by atomic mass is 10.0. The Balaban J connectivity index is 1.43. The van der Waals surface area contributed by atoms with Gasteiger partial charge in [-0.25, -0.2) is 0 Å². The number of unbranched alkanes of at least 4 members (excludes halogenated alkanes) is 1. The third-order valence-electron chi connectivity index (χ3n) is 4.47. The van der Waals surface area contributed by atoms with Crippen molar-refractivity contribution in [3.05, 3.63) is 75.6 Å². The summed E-state index contributed by atoms with van der Waals surface area (Å²) in [5, 5.41) is 14.2. The smallest absolute Gasteiger partial charge is 0.248 e. The first-order valence-electron chi connectivity index (χ1n) is 9.23. The van der Waals surface area contributed by atoms with Gasteiger partial charge >= 0.3 is 0 Å². The topological polar surface area (TPSA) is 65.1 Å². The Bertz CT molecular complexity index is 1020. The molecule has 3 aromatic rings. The van der Waals surface area contributed by atoms with Crippen LogP contribution in [0.2, 0.25) is 0 Å². The van der Waals surface area contributed by atoms with Gasteiger partial charge in [-0.1, -0.05) is 35.6 Å². The van der Waals surface area contributed by atoms with Gasteiger partial charge in [0.15, 0.2) is 0 Å². The van der Waals surface area contributed by atoms with Gasteiger partial charge in [0, 0.05) is 23.4 Å². The van der Waals surface area contributed by atoms with Crippen molar-refractivity contribution in [1.29, 1.82) is 0 Å². The molecule has 3 N–H and O–H groups in total. The summed E-state index contributed by atoms with van der Waals surface area (Å²) in [7, 11) is 0. The number of H-pyrrole nitrogens is 1. The Morgan fingerprint density at radius 3 is 2.67 bits per heavy atom. The first kappa shape index (κ1) is 18.8. The van der Waals surface area contributed by atoms with Gasteiger partial charge in [-0.15, -0.1) is 0 Å². The molecule has 0 spiro atoms. The van der Waals surface area contributed by atoms with Gasteiger partial charge in [0.25, 0.3) is 0 Å². The third kappa shape index (κ3) is 5.22. The number of hydrogen-bond donors (Lipinski definition) is 3. The highest BCUT2D eigenvalue weighted by atomic mass is 16.3. The zero-order valence-electron chi connectivity index (χ0n) is 15.5. The fraction of sp³-hybridized carbons (Fsp3) is 0.261. The minimum absolute atomic E-state index is 0.103. The van der Waals surface area contributed by atoms with Gasteiger partial charge < -0.3 is 15.4 Å². The molecule has 138 valence electrons. The summed E-state index contributed by atoms with van der Waals surface area (Å²) >= 11 is 0. The summed E-state index contributed by atoms with van der Waals surface area (Å²) in [6.07, 6.45) is 2.70. The molecule has 0 aliphatic carbocycles. The number of phenols is 1. The largest absolute Gasteiger partial charge is 0.506 e. The standard InChI is InChI=1S/C23H24N2O2/c1-17-6-8-18(9-7-17)5-3-2-4-15-24-16-14-19-10-12-21(26)23-20(19)11-13-22(27)25-23/h6-13,24,26H,2,4,14-16H2,1H3,(H,25,27). The van der Waals surface area contributed by atoms with Crippen LogP contribution in [-0.4, -0.2) is 23.2 Å². The molecule has 1 heterocycles. The van der Waals surface area contributed by atoms with Crippen molar-refractivity contribution >= 4 is 10.9 Å². The van der Waals surface area contributed by atoms with E-state index < -0.39 is 0 Å². The average Bonchev–Trinajstić information content (AvgIpc) is 2.67.